The highest BCUT2D eigenvalue weighted by molar-refractivity contribution is 7.98. The molecule has 0 spiro atoms. The maximum Gasteiger partial charge on any atom is 0.160 e. The van der Waals surface area contributed by atoms with Crippen molar-refractivity contribution in [3.05, 3.63) is 34.2 Å². The van der Waals surface area contributed by atoms with E-state index in [1.54, 1.807) is 12.2 Å². The van der Waals surface area contributed by atoms with E-state index in [0.29, 0.717) is 12.4 Å². The van der Waals surface area contributed by atoms with Crippen LogP contribution in [0.15, 0.2) is 31.9 Å². The number of hydrogen-bond acceptors (Lipinski definition) is 9. The molecular formula is C21H29N7OS. The number of hydrazone groups is 2. The van der Waals surface area contributed by atoms with Gasteiger partial charge in [0.2, 0.25) is 0 Å². The van der Waals surface area contributed by atoms with Crippen molar-refractivity contribution >= 4 is 29.2 Å². The van der Waals surface area contributed by atoms with E-state index < -0.39 is 0 Å². The lowest BCUT2D eigenvalue weighted by molar-refractivity contribution is 0.288. The fourth-order valence-electron chi connectivity index (χ4n) is 4.14. The second-order valence-corrected chi connectivity index (χ2v) is 8.52. The van der Waals surface area contributed by atoms with E-state index in [-0.39, 0.29) is 6.04 Å². The van der Waals surface area contributed by atoms with Crippen LogP contribution in [0.3, 0.4) is 0 Å². The zero-order valence-electron chi connectivity index (χ0n) is 18.0. The Morgan fingerprint density at radius 3 is 2.93 bits per heavy atom. The molecule has 0 aromatic carbocycles. The maximum absolute atomic E-state index is 6.29. The van der Waals surface area contributed by atoms with Gasteiger partial charge in [-0.25, -0.2) is 0 Å². The molecule has 8 nitrogen and oxygen atoms in total. The van der Waals surface area contributed by atoms with Gasteiger partial charge < -0.3 is 15.8 Å². The summed E-state index contributed by atoms with van der Waals surface area (Å²) in [5.41, 5.74) is 13.3. The number of pyridine rings is 1. The van der Waals surface area contributed by atoms with E-state index in [1.165, 1.54) is 23.9 Å². The first-order chi connectivity index (χ1) is 14.5. The molecule has 1 unspecified atom stereocenters. The summed E-state index contributed by atoms with van der Waals surface area (Å²) >= 11 is 1.49. The zero-order valence-corrected chi connectivity index (χ0v) is 18.8. The largest absolute Gasteiger partial charge is 0.496 e. The second kappa shape index (κ2) is 8.77. The number of rotatable bonds is 7. The van der Waals surface area contributed by atoms with Crippen LogP contribution in [-0.2, 0) is 6.54 Å². The Bertz CT molecular complexity index is 966. The van der Waals surface area contributed by atoms with Gasteiger partial charge in [0.25, 0.3) is 0 Å². The molecule has 0 saturated heterocycles. The van der Waals surface area contributed by atoms with Crippen molar-refractivity contribution in [2.75, 3.05) is 19.4 Å². The predicted molar refractivity (Wildman–Crippen MR) is 123 cm³/mol. The minimum absolute atomic E-state index is 0.267. The Morgan fingerprint density at radius 2 is 2.17 bits per heavy atom. The average molecular weight is 428 g/mol. The SMILES string of the molecule is CCCCNC1CC2=NN(Cc3ncc(C)c(OC)c3C)N=C3C(N)=NSCC1=C23. The van der Waals surface area contributed by atoms with Crippen molar-refractivity contribution < 1.29 is 4.74 Å². The van der Waals surface area contributed by atoms with Gasteiger partial charge in [-0.2, -0.15) is 19.7 Å². The highest BCUT2D eigenvalue weighted by Gasteiger charge is 2.38. The Morgan fingerprint density at radius 1 is 1.33 bits per heavy atom. The summed E-state index contributed by atoms with van der Waals surface area (Å²) in [7, 11) is 1.68. The van der Waals surface area contributed by atoms with E-state index >= 15 is 0 Å². The summed E-state index contributed by atoms with van der Waals surface area (Å²) in [6.45, 7) is 7.66. The van der Waals surface area contributed by atoms with Crippen molar-refractivity contribution in [1.82, 2.24) is 15.4 Å². The molecule has 1 aromatic heterocycles. The Kier molecular flexibility index (Phi) is 6.10. The molecule has 3 aliphatic rings. The number of nitrogens with two attached hydrogens (primary N) is 1. The predicted octanol–water partition coefficient (Wildman–Crippen LogP) is 2.71. The quantitative estimate of drug-likeness (QED) is 0.513. The topological polar surface area (TPSA) is 100 Å². The molecule has 3 heterocycles. The molecule has 0 amide bonds. The van der Waals surface area contributed by atoms with Crippen LogP contribution in [0.25, 0.3) is 0 Å². The molecule has 1 atom stereocenters. The Labute approximate surface area is 181 Å². The lowest BCUT2D eigenvalue weighted by atomic mass is 10.0. The number of aryl methyl sites for hydroxylation is 1. The van der Waals surface area contributed by atoms with E-state index in [0.717, 1.165) is 64.7 Å². The van der Waals surface area contributed by atoms with Crippen molar-refractivity contribution in [3.8, 4) is 5.75 Å². The molecule has 30 heavy (non-hydrogen) atoms. The first kappa shape index (κ1) is 20.9. The molecule has 1 aromatic rings. The van der Waals surface area contributed by atoms with Gasteiger partial charge in [-0.3, -0.25) is 4.98 Å². The average Bonchev–Trinajstić information content (AvgIpc) is 2.97. The number of aromatic nitrogens is 1. The standard InChI is InChI=1S/C21H29N7OS/c1-5-6-7-23-15-8-16-18-14(15)11-30-27-21(22)19(18)26-28(25-16)10-17-13(3)20(29-4)12(2)9-24-17/h9,15,23H,5-8,10-11H2,1-4H3,(H2,22,27). The van der Waals surface area contributed by atoms with Crippen molar-refractivity contribution in [3.63, 3.8) is 0 Å². The van der Waals surface area contributed by atoms with Crippen LogP contribution < -0.4 is 15.8 Å². The van der Waals surface area contributed by atoms with Gasteiger partial charge in [0.05, 0.1) is 18.5 Å². The smallest absolute Gasteiger partial charge is 0.160 e. The number of amidine groups is 1. The summed E-state index contributed by atoms with van der Waals surface area (Å²) in [6.07, 6.45) is 5.01. The Balaban J connectivity index is 1.65. The van der Waals surface area contributed by atoms with Gasteiger partial charge in [0.1, 0.15) is 18.0 Å². The maximum atomic E-state index is 6.29. The fourth-order valence-corrected chi connectivity index (χ4v) is 4.91. The third kappa shape index (κ3) is 3.83. The van der Waals surface area contributed by atoms with Gasteiger partial charge in [0.15, 0.2) is 5.84 Å². The number of unbranched alkanes of at least 4 members (excludes halogenated alkanes) is 1. The summed E-state index contributed by atoms with van der Waals surface area (Å²) in [4.78, 5) is 4.60. The minimum Gasteiger partial charge on any atom is -0.496 e. The molecule has 0 fully saturated rings. The van der Waals surface area contributed by atoms with Gasteiger partial charge in [-0.15, -0.1) is 0 Å². The van der Waals surface area contributed by atoms with Crippen molar-refractivity contribution in [2.45, 2.75) is 52.6 Å². The van der Waals surface area contributed by atoms with Crippen LogP contribution in [0, 0.1) is 13.8 Å². The molecule has 0 saturated carbocycles. The minimum atomic E-state index is 0.267. The third-order valence-electron chi connectivity index (χ3n) is 5.70. The number of nitrogens with zero attached hydrogens (tertiary/aromatic N) is 5. The first-order valence-corrected chi connectivity index (χ1v) is 11.3. The molecular weight excluding hydrogens is 398 g/mol. The highest BCUT2D eigenvalue weighted by atomic mass is 32.2. The Hall–Kier alpha value is -2.39. The van der Waals surface area contributed by atoms with Crippen LogP contribution in [-0.4, -0.2) is 52.8 Å². The van der Waals surface area contributed by atoms with Gasteiger partial charge in [-0.1, -0.05) is 13.3 Å². The molecule has 3 N–H and O–H groups in total. The van der Waals surface area contributed by atoms with E-state index in [1.807, 2.05) is 20.0 Å². The fraction of sp³-hybridized carbons (Fsp3) is 0.524. The summed E-state index contributed by atoms with van der Waals surface area (Å²) < 4.78 is 10.00. The molecule has 0 bridgehead atoms. The summed E-state index contributed by atoms with van der Waals surface area (Å²) in [5.74, 6) is 2.13. The number of hydrogen-bond donors (Lipinski definition) is 2. The molecule has 160 valence electrons. The monoisotopic (exact) mass is 427 g/mol. The van der Waals surface area contributed by atoms with E-state index in [2.05, 4.69) is 21.6 Å². The van der Waals surface area contributed by atoms with Crippen LogP contribution in [0.5, 0.6) is 5.75 Å². The van der Waals surface area contributed by atoms with Crippen LogP contribution in [0.1, 0.15) is 43.0 Å². The van der Waals surface area contributed by atoms with Crippen molar-refractivity contribution in [1.29, 1.82) is 0 Å². The number of ether oxygens (including phenoxy) is 1. The van der Waals surface area contributed by atoms with Crippen molar-refractivity contribution in [2.24, 2.45) is 20.3 Å². The van der Waals surface area contributed by atoms with Crippen LogP contribution >= 0.6 is 11.9 Å². The lowest BCUT2D eigenvalue weighted by Crippen LogP contribution is -2.34. The highest BCUT2D eigenvalue weighted by Crippen LogP contribution is 2.34. The summed E-state index contributed by atoms with van der Waals surface area (Å²) in [5, 5.41) is 15.0. The zero-order chi connectivity index (χ0) is 21.3. The van der Waals surface area contributed by atoms with Gasteiger partial charge in [-0.05, 0) is 44.3 Å². The molecule has 9 heteroatoms. The molecule has 1 aliphatic carbocycles. The lowest BCUT2D eigenvalue weighted by Gasteiger charge is -2.23. The molecule has 4 rings (SSSR count). The summed E-state index contributed by atoms with van der Waals surface area (Å²) in [6, 6.07) is 0.267. The molecule has 2 aliphatic heterocycles. The van der Waals surface area contributed by atoms with E-state index in [9.17, 15) is 0 Å². The van der Waals surface area contributed by atoms with Gasteiger partial charge in [0, 0.05) is 41.1 Å². The second-order valence-electron chi connectivity index (χ2n) is 7.79. The van der Waals surface area contributed by atoms with E-state index in [4.69, 9.17) is 20.7 Å². The van der Waals surface area contributed by atoms with Crippen LogP contribution in [0.2, 0.25) is 0 Å². The third-order valence-corrected chi connectivity index (χ3v) is 6.47. The molecule has 0 radical (unpaired) electrons. The first-order valence-electron chi connectivity index (χ1n) is 10.4. The normalized spacial score (nSPS) is 20.5. The van der Waals surface area contributed by atoms with Crippen LogP contribution in [0.4, 0.5) is 0 Å². The number of nitrogens with one attached hydrogen (secondary N) is 1. The van der Waals surface area contributed by atoms with Gasteiger partial charge >= 0.3 is 0 Å². The number of methoxy groups -OCH3 is 1.